The lowest BCUT2D eigenvalue weighted by Crippen LogP contribution is -2.61. The Bertz CT molecular complexity index is 4440. The van der Waals surface area contributed by atoms with Gasteiger partial charge in [-0.15, -0.1) is 0 Å². The van der Waals surface area contributed by atoms with Gasteiger partial charge in [0.1, 0.15) is 0 Å². The molecule has 2 aromatic heterocycles. The van der Waals surface area contributed by atoms with Crippen molar-refractivity contribution in [1.29, 1.82) is 0 Å². The van der Waals surface area contributed by atoms with Gasteiger partial charge in [-0.05, 0) is 189 Å². The van der Waals surface area contributed by atoms with Gasteiger partial charge in [0.05, 0.1) is 27.9 Å². The zero-order valence-corrected chi connectivity index (χ0v) is 49.9. The summed E-state index contributed by atoms with van der Waals surface area (Å²) in [5, 5.41) is 5.23. The van der Waals surface area contributed by atoms with E-state index < -0.39 is 0 Å². The highest BCUT2D eigenvalue weighted by Crippen LogP contribution is 2.50. The van der Waals surface area contributed by atoms with Gasteiger partial charge in [0, 0.05) is 61.2 Å². The van der Waals surface area contributed by atoms with E-state index in [2.05, 4.69) is 289 Å². The lowest BCUT2D eigenvalue weighted by Gasteiger charge is -2.44. The van der Waals surface area contributed by atoms with E-state index in [4.69, 9.17) is 0 Å². The van der Waals surface area contributed by atoms with Crippen LogP contribution < -0.4 is 37.1 Å². The predicted molar refractivity (Wildman–Crippen MR) is 348 cm³/mol. The maximum atomic E-state index is 2.71. The molecule has 0 aliphatic carbocycles. The molecular formula is C74H73B2N4. The summed E-state index contributed by atoms with van der Waals surface area (Å²) in [6, 6.07) is 59.3. The molecule has 0 saturated heterocycles. The Morgan fingerprint density at radius 2 is 0.900 bits per heavy atom. The molecule has 3 aliphatic rings. The number of aromatic nitrogens is 2. The lowest BCUT2D eigenvalue weighted by molar-refractivity contribution is 0.590. The zero-order valence-electron chi connectivity index (χ0n) is 49.9. The van der Waals surface area contributed by atoms with Crippen LogP contribution in [0.4, 0.5) is 34.1 Å². The van der Waals surface area contributed by atoms with Crippen LogP contribution in [0.25, 0.3) is 55.0 Å². The van der Waals surface area contributed by atoms with Crippen LogP contribution in [0.5, 0.6) is 0 Å². The molecule has 1 radical (unpaired) electrons. The van der Waals surface area contributed by atoms with Gasteiger partial charge in [-0.2, -0.15) is 0 Å². The summed E-state index contributed by atoms with van der Waals surface area (Å²) in [5.41, 5.74) is 31.4. The summed E-state index contributed by atoms with van der Waals surface area (Å²) < 4.78 is 5.19. The number of para-hydroxylation sites is 3. The van der Waals surface area contributed by atoms with Crippen LogP contribution in [-0.2, 0) is 21.7 Å². The number of hydrogen-bond acceptors (Lipinski definition) is 2. The van der Waals surface area contributed by atoms with E-state index in [1.165, 1.54) is 155 Å². The van der Waals surface area contributed by atoms with Gasteiger partial charge in [-0.25, -0.2) is 0 Å². The fourth-order valence-corrected chi connectivity index (χ4v) is 14.3. The van der Waals surface area contributed by atoms with Crippen molar-refractivity contribution in [2.24, 2.45) is 0 Å². The second-order valence-electron chi connectivity index (χ2n) is 27.9. The zero-order chi connectivity index (χ0) is 56.0. The number of anilines is 6. The maximum absolute atomic E-state index is 2.71. The summed E-state index contributed by atoms with van der Waals surface area (Å²) in [5.74, 6) is 0. The first-order chi connectivity index (χ1) is 37.9. The molecule has 0 bridgehead atoms. The first-order valence-electron chi connectivity index (χ1n) is 29.1. The molecule has 0 atom stereocenters. The van der Waals surface area contributed by atoms with Crippen molar-refractivity contribution < 1.29 is 0 Å². The molecule has 11 aromatic rings. The van der Waals surface area contributed by atoms with Crippen molar-refractivity contribution in [1.82, 2.24) is 9.13 Å². The van der Waals surface area contributed by atoms with Gasteiger partial charge in [-0.3, -0.25) is 0 Å². The van der Waals surface area contributed by atoms with Crippen LogP contribution in [0.3, 0.4) is 0 Å². The molecule has 4 nitrogen and oxygen atoms in total. The van der Waals surface area contributed by atoms with Crippen molar-refractivity contribution in [3.05, 3.63) is 196 Å². The van der Waals surface area contributed by atoms with Crippen LogP contribution in [0.15, 0.2) is 152 Å². The van der Waals surface area contributed by atoms with Crippen molar-refractivity contribution in [3.63, 3.8) is 0 Å². The number of rotatable bonds is 3. The Balaban J connectivity index is 1.16. The Morgan fingerprint density at radius 1 is 0.375 bits per heavy atom. The quantitative estimate of drug-likeness (QED) is 0.164. The van der Waals surface area contributed by atoms with Crippen molar-refractivity contribution in [2.45, 2.75) is 132 Å². The predicted octanol–water partition coefficient (Wildman–Crippen LogP) is 16.4. The Hall–Kier alpha value is -7.69. The van der Waals surface area contributed by atoms with E-state index in [1.54, 1.807) is 0 Å². The van der Waals surface area contributed by atoms with Crippen LogP contribution in [0.1, 0.15) is 128 Å². The summed E-state index contributed by atoms with van der Waals surface area (Å²) in [7, 11) is 2.58. The molecule has 9 aromatic carbocycles. The van der Waals surface area contributed by atoms with E-state index in [0.29, 0.717) is 0 Å². The van der Waals surface area contributed by atoms with Gasteiger partial charge in [0.15, 0.2) is 7.28 Å². The highest BCUT2D eigenvalue weighted by atomic mass is 15.2. The highest BCUT2D eigenvalue weighted by Gasteiger charge is 2.45. The molecule has 0 unspecified atom stereocenters. The summed E-state index contributed by atoms with van der Waals surface area (Å²) in [6.07, 6.45) is 0. The van der Waals surface area contributed by atoms with Crippen LogP contribution in [0.2, 0.25) is 0 Å². The summed E-state index contributed by atoms with van der Waals surface area (Å²) in [4.78, 5) is 5.36. The fourth-order valence-electron chi connectivity index (χ4n) is 14.3. The fraction of sp³-hybridized carbons (Fsp3) is 0.270. The first kappa shape index (κ1) is 50.5. The monoisotopic (exact) mass is 1040 g/mol. The number of fused-ring (bicyclic) bond motifs is 13. The average Bonchev–Trinajstić information content (AvgIpc) is 4.09. The largest absolute Gasteiger partial charge is 0.311 e. The summed E-state index contributed by atoms with van der Waals surface area (Å²) in [6.45, 7) is 37.6. The number of nitrogens with zero attached hydrogens (tertiary/aromatic N) is 4. The van der Waals surface area contributed by atoms with E-state index >= 15 is 0 Å². The molecule has 395 valence electrons. The second kappa shape index (κ2) is 16.9. The number of aryl methyl sites for hydroxylation is 4. The molecular weight excluding hydrogens is 966 g/mol. The Morgan fingerprint density at radius 3 is 1.48 bits per heavy atom. The first-order valence-corrected chi connectivity index (χ1v) is 29.1. The Kier molecular flexibility index (Phi) is 10.7. The molecule has 0 N–H and O–H groups in total. The molecule has 0 fully saturated rings. The maximum Gasteiger partial charge on any atom is 0.252 e. The van der Waals surface area contributed by atoms with Gasteiger partial charge >= 0.3 is 0 Å². The second-order valence-corrected chi connectivity index (χ2v) is 27.9. The SMILES string of the molecule is Cc1cccc(C)c1N1c2cc3c(cc2B2c4c1cccc4-n1c4ccc(C(C)(C)C)cc4c4cc(C(C)(C)C)cc2c41)N(c1c(C)cccc1C)c1c(C(C)(C)C)cc2c4cc(C(C)(C)C)ccc4n(-c4ccccc4)c2c1[B]3. The molecule has 80 heavy (non-hydrogen) atoms. The molecule has 5 heterocycles. The molecule has 0 spiro atoms. The van der Waals surface area contributed by atoms with Gasteiger partial charge in [0.25, 0.3) is 6.71 Å². The van der Waals surface area contributed by atoms with Crippen LogP contribution >= 0.6 is 0 Å². The van der Waals surface area contributed by atoms with Gasteiger partial charge < -0.3 is 18.9 Å². The van der Waals surface area contributed by atoms with Crippen molar-refractivity contribution >= 4 is 119 Å². The standard InChI is InChI=1S/C74H73B2N4/c1-42-23-20-24-43(2)66(42)79-61-30-22-29-60-65(61)76(57-38-48(73(11,12)13)37-52-50-35-47(72(8,9)10)32-34-59(50)78(60)68(52)57)56-41-62-55(40-63(56)79)75-64-69-53(39-54(74(14,15)16)70(64)80(62)67-44(3)25-21-26-45(67)4)51-36-46(71(5,6)7)31-33-58(51)77(69)49-27-18-17-19-28-49/h17-41H,1-16H3. The molecule has 6 heteroatoms. The van der Waals surface area contributed by atoms with E-state index in [0.717, 1.165) is 5.69 Å². The third kappa shape index (κ3) is 7.22. The topological polar surface area (TPSA) is 16.3 Å². The van der Waals surface area contributed by atoms with Crippen molar-refractivity contribution in [3.8, 4) is 11.4 Å². The van der Waals surface area contributed by atoms with Crippen LogP contribution in [-0.4, -0.2) is 23.1 Å². The van der Waals surface area contributed by atoms with Gasteiger partial charge in [-0.1, -0.05) is 167 Å². The smallest absolute Gasteiger partial charge is 0.252 e. The third-order valence-electron chi connectivity index (χ3n) is 18.3. The lowest BCUT2D eigenvalue weighted by atomic mass is 9.33. The normalized spacial score (nSPS) is 14.0. The minimum atomic E-state index is -0.231. The highest BCUT2D eigenvalue weighted by molar-refractivity contribution is 7.00. The molecule has 3 aliphatic heterocycles. The van der Waals surface area contributed by atoms with Crippen LogP contribution in [0, 0.1) is 27.7 Å². The minimum Gasteiger partial charge on any atom is -0.311 e. The average molecular weight is 1040 g/mol. The minimum absolute atomic E-state index is 0.00274. The van der Waals surface area contributed by atoms with Crippen molar-refractivity contribution in [2.75, 3.05) is 9.80 Å². The van der Waals surface area contributed by atoms with E-state index in [-0.39, 0.29) is 28.4 Å². The Labute approximate surface area is 475 Å². The number of benzene rings is 9. The molecule has 0 saturated carbocycles. The molecule has 14 rings (SSSR count). The van der Waals surface area contributed by atoms with Gasteiger partial charge in [0.2, 0.25) is 0 Å². The number of hydrogen-bond donors (Lipinski definition) is 0. The third-order valence-corrected chi connectivity index (χ3v) is 18.3. The molecule has 0 amide bonds. The van der Waals surface area contributed by atoms with E-state index in [9.17, 15) is 0 Å². The summed E-state index contributed by atoms with van der Waals surface area (Å²) >= 11 is 0. The van der Waals surface area contributed by atoms with E-state index in [1.807, 2.05) is 0 Å².